The van der Waals surface area contributed by atoms with Gasteiger partial charge in [-0.2, -0.15) is 0 Å². The zero-order chi connectivity index (χ0) is 19.1. The van der Waals surface area contributed by atoms with Crippen LogP contribution in [-0.4, -0.2) is 48.1 Å². The number of amides is 1. The van der Waals surface area contributed by atoms with E-state index in [1.807, 2.05) is 47.5 Å². The lowest BCUT2D eigenvalue weighted by atomic mass is 10.1. The molecule has 5 heteroatoms. The predicted molar refractivity (Wildman–Crippen MR) is 108 cm³/mol. The molecule has 0 aliphatic carbocycles. The molecule has 1 saturated heterocycles. The number of carbonyl (C=O) groups excluding carboxylic acids is 1. The van der Waals surface area contributed by atoms with Crippen molar-refractivity contribution in [2.75, 3.05) is 31.1 Å². The third-order valence-corrected chi connectivity index (χ3v) is 5.12. The molecule has 1 aromatic carbocycles. The van der Waals surface area contributed by atoms with Crippen LogP contribution in [0.3, 0.4) is 0 Å². The normalized spacial score (nSPS) is 17.0. The largest absolute Gasteiger partial charge is 0.372 e. The van der Waals surface area contributed by atoms with Crippen LogP contribution in [-0.2, 0) is 11.3 Å². The summed E-state index contributed by atoms with van der Waals surface area (Å²) in [5.74, 6) is 0.0933. The first-order valence-electron chi connectivity index (χ1n) is 9.86. The van der Waals surface area contributed by atoms with Crippen molar-refractivity contribution in [3.8, 4) is 0 Å². The number of nitrogens with zero attached hydrogens (tertiary/aromatic N) is 3. The van der Waals surface area contributed by atoms with Crippen molar-refractivity contribution in [2.45, 2.75) is 39.4 Å². The molecular weight excluding hydrogens is 338 g/mol. The standard InChI is InChI=1S/C22H29N3O2/c1-3-24(4-2)20-11-9-19(10-12-20)22(26)25-14-6-8-21(16-25)27-17-18-7-5-13-23-15-18/h5,7,9-13,15,21H,3-4,6,8,14,16-17H2,1-2H3/t21-/m0/s1. The number of aromatic nitrogens is 1. The fraction of sp³-hybridized carbons (Fsp3) is 0.455. The molecule has 144 valence electrons. The number of hydrogen-bond acceptors (Lipinski definition) is 4. The van der Waals surface area contributed by atoms with Gasteiger partial charge in [0, 0.05) is 49.8 Å². The SMILES string of the molecule is CCN(CC)c1ccc(C(=O)N2CCC[C@H](OCc3cccnc3)C2)cc1. The molecule has 1 fully saturated rings. The van der Waals surface area contributed by atoms with Gasteiger partial charge in [-0.1, -0.05) is 6.07 Å². The molecule has 1 atom stereocenters. The highest BCUT2D eigenvalue weighted by Gasteiger charge is 2.25. The summed E-state index contributed by atoms with van der Waals surface area (Å²) >= 11 is 0. The Morgan fingerprint density at radius 2 is 2.00 bits per heavy atom. The van der Waals surface area contributed by atoms with Gasteiger partial charge in [0.25, 0.3) is 5.91 Å². The second-order valence-electron chi connectivity index (χ2n) is 6.91. The summed E-state index contributed by atoms with van der Waals surface area (Å²) in [4.78, 5) is 21.2. The van der Waals surface area contributed by atoms with Gasteiger partial charge in [-0.25, -0.2) is 0 Å². The fourth-order valence-electron chi connectivity index (χ4n) is 3.54. The highest BCUT2D eigenvalue weighted by Crippen LogP contribution is 2.20. The van der Waals surface area contributed by atoms with Gasteiger partial charge in [0.15, 0.2) is 0 Å². The number of likely N-dealkylation sites (tertiary alicyclic amines) is 1. The maximum Gasteiger partial charge on any atom is 0.253 e. The molecule has 27 heavy (non-hydrogen) atoms. The van der Waals surface area contributed by atoms with Gasteiger partial charge in [0.1, 0.15) is 0 Å². The monoisotopic (exact) mass is 367 g/mol. The molecule has 1 aliphatic heterocycles. The fourth-order valence-corrected chi connectivity index (χ4v) is 3.54. The van der Waals surface area contributed by atoms with E-state index in [0.29, 0.717) is 13.2 Å². The minimum atomic E-state index is 0.0813. The van der Waals surface area contributed by atoms with Gasteiger partial charge in [-0.15, -0.1) is 0 Å². The van der Waals surface area contributed by atoms with Crippen molar-refractivity contribution in [1.82, 2.24) is 9.88 Å². The first-order chi connectivity index (χ1) is 13.2. The maximum absolute atomic E-state index is 12.9. The van der Waals surface area contributed by atoms with Gasteiger partial charge in [-0.05, 0) is 62.6 Å². The van der Waals surface area contributed by atoms with E-state index in [2.05, 4.69) is 23.7 Å². The lowest BCUT2D eigenvalue weighted by Gasteiger charge is -2.33. The minimum Gasteiger partial charge on any atom is -0.372 e. The Labute approximate surface area is 162 Å². The summed E-state index contributed by atoms with van der Waals surface area (Å²) in [6, 6.07) is 11.9. The number of anilines is 1. The van der Waals surface area contributed by atoms with Crippen LogP contribution in [0.2, 0.25) is 0 Å². The highest BCUT2D eigenvalue weighted by molar-refractivity contribution is 5.94. The average Bonchev–Trinajstić information content (AvgIpc) is 2.74. The number of hydrogen-bond donors (Lipinski definition) is 0. The molecule has 0 bridgehead atoms. The molecule has 1 aliphatic rings. The van der Waals surface area contributed by atoms with Gasteiger partial charge >= 0.3 is 0 Å². The Morgan fingerprint density at radius 3 is 2.67 bits per heavy atom. The smallest absolute Gasteiger partial charge is 0.253 e. The molecule has 1 aromatic heterocycles. The molecule has 5 nitrogen and oxygen atoms in total. The summed E-state index contributed by atoms with van der Waals surface area (Å²) in [6.45, 7) is 8.20. The van der Waals surface area contributed by atoms with E-state index in [4.69, 9.17) is 4.74 Å². The molecule has 0 radical (unpaired) electrons. The van der Waals surface area contributed by atoms with Crippen LogP contribution in [0.5, 0.6) is 0 Å². The van der Waals surface area contributed by atoms with E-state index in [1.165, 1.54) is 0 Å². The molecular formula is C22H29N3O2. The topological polar surface area (TPSA) is 45.7 Å². The molecule has 2 aromatic rings. The van der Waals surface area contributed by atoms with Crippen LogP contribution in [0.25, 0.3) is 0 Å². The van der Waals surface area contributed by atoms with Gasteiger partial charge in [0.2, 0.25) is 0 Å². The van der Waals surface area contributed by atoms with Crippen LogP contribution in [0.4, 0.5) is 5.69 Å². The maximum atomic E-state index is 12.9. The molecule has 2 heterocycles. The van der Waals surface area contributed by atoms with E-state index in [1.54, 1.807) is 6.20 Å². The Kier molecular flexibility index (Phi) is 6.82. The Bertz CT molecular complexity index is 714. The van der Waals surface area contributed by atoms with Crippen molar-refractivity contribution < 1.29 is 9.53 Å². The molecule has 0 spiro atoms. The lowest BCUT2D eigenvalue weighted by Crippen LogP contribution is -2.43. The minimum absolute atomic E-state index is 0.0813. The van der Waals surface area contributed by atoms with Crippen molar-refractivity contribution in [1.29, 1.82) is 0 Å². The third kappa shape index (κ3) is 5.07. The van der Waals surface area contributed by atoms with E-state index in [0.717, 1.165) is 49.3 Å². The summed E-state index contributed by atoms with van der Waals surface area (Å²) in [5.41, 5.74) is 2.97. The molecule has 0 N–H and O–H groups in total. The van der Waals surface area contributed by atoms with Crippen LogP contribution >= 0.6 is 0 Å². The van der Waals surface area contributed by atoms with Crippen LogP contribution in [0.1, 0.15) is 42.6 Å². The first kappa shape index (κ1) is 19.4. The number of piperidine rings is 1. The molecule has 1 amide bonds. The van der Waals surface area contributed by atoms with E-state index in [-0.39, 0.29) is 12.0 Å². The Balaban J connectivity index is 1.57. The van der Waals surface area contributed by atoms with Crippen molar-refractivity contribution in [2.24, 2.45) is 0 Å². The Hall–Kier alpha value is -2.40. The zero-order valence-electron chi connectivity index (χ0n) is 16.3. The highest BCUT2D eigenvalue weighted by atomic mass is 16.5. The lowest BCUT2D eigenvalue weighted by molar-refractivity contribution is -0.00681. The summed E-state index contributed by atoms with van der Waals surface area (Å²) < 4.78 is 6.02. The van der Waals surface area contributed by atoms with Crippen molar-refractivity contribution in [3.05, 3.63) is 59.9 Å². The van der Waals surface area contributed by atoms with Crippen molar-refractivity contribution >= 4 is 11.6 Å². The van der Waals surface area contributed by atoms with E-state index < -0.39 is 0 Å². The number of carbonyl (C=O) groups is 1. The number of pyridine rings is 1. The Morgan fingerprint density at radius 1 is 1.22 bits per heavy atom. The van der Waals surface area contributed by atoms with Crippen LogP contribution in [0, 0.1) is 0 Å². The number of rotatable bonds is 7. The second kappa shape index (κ2) is 9.51. The molecule has 3 rings (SSSR count). The quantitative estimate of drug-likeness (QED) is 0.748. The van der Waals surface area contributed by atoms with Crippen LogP contribution < -0.4 is 4.90 Å². The summed E-state index contributed by atoms with van der Waals surface area (Å²) in [5, 5.41) is 0. The van der Waals surface area contributed by atoms with Crippen LogP contribution in [0.15, 0.2) is 48.8 Å². The average molecular weight is 367 g/mol. The summed E-state index contributed by atoms with van der Waals surface area (Å²) in [6.07, 6.45) is 5.63. The van der Waals surface area contributed by atoms with E-state index in [9.17, 15) is 4.79 Å². The van der Waals surface area contributed by atoms with Crippen molar-refractivity contribution in [3.63, 3.8) is 0 Å². The molecule has 0 unspecified atom stereocenters. The first-order valence-corrected chi connectivity index (χ1v) is 9.86. The van der Waals surface area contributed by atoms with Gasteiger partial charge in [-0.3, -0.25) is 9.78 Å². The zero-order valence-corrected chi connectivity index (χ0v) is 16.3. The second-order valence-corrected chi connectivity index (χ2v) is 6.91. The van der Waals surface area contributed by atoms with Gasteiger partial charge in [0.05, 0.1) is 12.7 Å². The third-order valence-electron chi connectivity index (χ3n) is 5.12. The summed E-state index contributed by atoms with van der Waals surface area (Å²) in [7, 11) is 0. The number of benzene rings is 1. The van der Waals surface area contributed by atoms with E-state index >= 15 is 0 Å². The molecule has 0 saturated carbocycles. The number of ether oxygens (including phenoxy) is 1. The predicted octanol–water partition coefficient (Wildman–Crippen LogP) is 3.75. The van der Waals surface area contributed by atoms with Gasteiger partial charge < -0.3 is 14.5 Å².